The van der Waals surface area contributed by atoms with E-state index in [1.807, 2.05) is 36.4 Å². The number of rotatable bonds is 3. The highest BCUT2D eigenvalue weighted by Gasteiger charge is 2.34. The molecule has 20 heavy (non-hydrogen) atoms. The van der Waals surface area contributed by atoms with Gasteiger partial charge in [0.1, 0.15) is 11.1 Å². The quantitative estimate of drug-likeness (QED) is 0.870. The zero-order valence-corrected chi connectivity index (χ0v) is 11.8. The molecule has 0 saturated carbocycles. The van der Waals surface area contributed by atoms with E-state index in [1.54, 1.807) is 36.2 Å². The highest BCUT2D eigenvalue weighted by molar-refractivity contribution is 8.00. The van der Waals surface area contributed by atoms with Gasteiger partial charge < -0.3 is 4.74 Å². The molecular formula is C15H14N2O2S. The summed E-state index contributed by atoms with van der Waals surface area (Å²) in [5.41, 5.74) is 1.92. The lowest BCUT2D eigenvalue weighted by Gasteiger charge is -2.24. The molecular weight excluding hydrogens is 272 g/mol. The van der Waals surface area contributed by atoms with Crippen LogP contribution in [0.25, 0.3) is 0 Å². The number of methoxy groups -OCH3 is 1. The van der Waals surface area contributed by atoms with Gasteiger partial charge in [0, 0.05) is 6.20 Å². The normalized spacial score (nSPS) is 18.4. The number of thioether (sulfide) groups is 1. The summed E-state index contributed by atoms with van der Waals surface area (Å²) < 4.78 is 5.17. The van der Waals surface area contributed by atoms with Crippen molar-refractivity contribution in [2.45, 2.75) is 5.37 Å². The van der Waals surface area contributed by atoms with Gasteiger partial charge >= 0.3 is 0 Å². The maximum atomic E-state index is 12.1. The lowest BCUT2D eigenvalue weighted by Crippen LogP contribution is -2.27. The van der Waals surface area contributed by atoms with Crippen LogP contribution in [-0.2, 0) is 4.79 Å². The van der Waals surface area contributed by atoms with Crippen LogP contribution in [0.4, 0.5) is 5.69 Å². The summed E-state index contributed by atoms with van der Waals surface area (Å²) in [6.45, 7) is 0. The zero-order chi connectivity index (χ0) is 13.9. The van der Waals surface area contributed by atoms with E-state index in [1.165, 1.54) is 0 Å². The van der Waals surface area contributed by atoms with Gasteiger partial charge in [-0.05, 0) is 29.8 Å². The van der Waals surface area contributed by atoms with Crippen LogP contribution in [0, 0.1) is 0 Å². The maximum Gasteiger partial charge on any atom is 0.238 e. The molecule has 0 N–H and O–H groups in total. The first-order valence-corrected chi connectivity index (χ1v) is 7.32. The molecule has 1 fully saturated rings. The monoisotopic (exact) mass is 286 g/mol. The Morgan fingerprint density at radius 2 is 2.10 bits per heavy atom. The van der Waals surface area contributed by atoms with Crippen molar-refractivity contribution in [2.75, 3.05) is 17.8 Å². The first kappa shape index (κ1) is 13.0. The molecule has 4 nitrogen and oxygen atoms in total. The summed E-state index contributed by atoms with van der Waals surface area (Å²) in [5, 5.41) is -0.00222. The van der Waals surface area contributed by atoms with Crippen LogP contribution < -0.4 is 9.64 Å². The molecule has 3 rings (SSSR count). The van der Waals surface area contributed by atoms with Crippen LogP contribution in [0.3, 0.4) is 0 Å². The van der Waals surface area contributed by atoms with E-state index in [4.69, 9.17) is 4.74 Å². The third-order valence-electron chi connectivity index (χ3n) is 3.19. The predicted octanol–water partition coefficient (Wildman–Crippen LogP) is 2.87. The number of pyridine rings is 1. The van der Waals surface area contributed by atoms with E-state index in [-0.39, 0.29) is 11.3 Å². The molecule has 1 saturated heterocycles. The van der Waals surface area contributed by atoms with E-state index in [2.05, 4.69) is 4.98 Å². The van der Waals surface area contributed by atoms with Crippen molar-refractivity contribution in [1.29, 1.82) is 0 Å². The van der Waals surface area contributed by atoms with Gasteiger partial charge in [0.15, 0.2) is 0 Å². The van der Waals surface area contributed by atoms with Gasteiger partial charge in [-0.25, -0.2) is 0 Å². The second-order valence-corrected chi connectivity index (χ2v) is 5.48. The van der Waals surface area contributed by atoms with Crippen molar-refractivity contribution >= 4 is 23.4 Å². The molecule has 102 valence electrons. The van der Waals surface area contributed by atoms with Crippen molar-refractivity contribution < 1.29 is 9.53 Å². The zero-order valence-electron chi connectivity index (χ0n) is 11.0. The van der Waals surface area contributed by atoms with Crippen molar-refractivity contribution in [3.8, 4) is 5.75 Å². The van der Waals surface area contributed by atoms with Crippen molar-refractivity contribution in [2.24, 2.45) is 0 Å². The Bertz CT molecular complexity index is 601. The predicted molar refractivity (Wildman–Crippen MR) is 79.9 cm³/mol. The number of carbonyl (C=O) groups excluding carboxylic acids is 1. The number of anilines is 1. The van der Waals surface area contributed by atoms with Gasteiger partial charge in [-0.1, -0.05) is 12.1 Å². The van der Waals surface area contributed by atoms with Crippen LogP contribution in [0.15, 0.2) is 48.8 Å². The minimum absolute atomic E-state index is 0.00222. The summed E-state index contributed by atoms with van der Waals surface area (Å²) >= 11 is 1.63. The minimum atomic E-state index is -0.00222. The SMILES string of the molecule is COc1ccc(C2SCC(=O)N2c2cccnc2)cc1. The fourth-order valence-corrected chi connectivity index (χ4v) is 3.39. The van der Waals surface area contributed by atoms with Crippen LogP contribution >= 0.6 is 11.8 Å². The summed E-state index contributed by atoms with van der Waals surface area (Å²) in [4.78, 5) is 18.0. The Kier molecular flexibility index (Phi) is 3.60. The van der Waals surface area contributed by atoms with Gasteiger partial charge in [0.25, 0.3) is 0 Å². The standard InChI is InChI=1S/C15H14N2O2S/c1-19-13-6-4-11(5-7-13)15-17(14(18)10-20-15)12-3-2-8-16-9-12/h2-9,15H,10H2,1H3. The number of ether oxygens (including phenoxy) is 1. The Morgan fingerprint density at radius 1 is 1.30 bits per heavy atom. The van der Waals surface area contributed by atoms with Gasteiger partial charge in [-0.3, -0.25) is 14.7 Å². The Hall–Kier alpha value is -2.01. The lowest BCUT2D eigenvalue weighted by atomic mass is 10.2. The minimum Gasteiger partial charge on any atom is -0.497 e. The number of aromatic nitrogens is 1. The average molecular weight is 286 g/mol. The molecule has 1 atom stereocenters. The van der Waals surface area contributed by atoms with Gasteiger partial charge in [0.2, 0.25) is 5.91 Å². The van der Waals surface area contributed by atoms with E-state index in [9.17, 15) is 4.79 Å². The molecule has 1 unspecified atom stereocenters. The Morgan fingerprint density at radius 3 is 2.75 bits per heavy atom. The Labute approximate surface area is 121 Å². The summed E-state index contributed by atoms with van der Waals surface area (Å²) in [7, 11) is 1.64. The largest absolute Gasteiger partial charge is 0.497 e. The number of hydrogen-bond acceptors (Lipinski definition) is 4. The van der Waals surface area contributed by atoms with E-state index >= 15 is 0 Å². The first-order chi connectivity index (χ1) is 9.79. The summed E-state index contributed by atoms with van der Waals surface area (Å²) in [6, 6.07) is 11.6. The molecule has 2 heterocycles. The van der Waals surface area contributed by atoms with Crippen molar-refractivity contribution in [1.82, 2.24) is 4.98 Å². The van der Waals surface area contributed by atoms with E-state index in [0.717, 1.165) is 17.0 Å². The molecule has 1 aliphatic rings. The number of amides is 1. The van der Waals surface area contributed by atoms with Gasteiger partial charge in [0.05, 0.1) is 24.7 Å². The fraction of sp³-hybridized carbons (Fsp3) is 0.200. The van der Waals surface area contributed by atoms with Crippen molar-refractivity contribution in [3.05, 3.63) is 54.4 Å². The van der Waals surface area contributed by atoms with Crippen LogP contribution in [0.5, 0.6) is 5.75 Å². The van der Waals surface area contributed by atoms with Gasteiger partial charge in [-0.15, -0.1) is 11.8 Å². The third kappa shape index (κ3) is 2.36. The van der Waals surface area contributed by atoms with E-state index < -0.39 is 0 Å². The highest BCUT2D eigenvalue weighted by atomic mass is 32.2. The average Bonchev–Trinajstić information content (AvgIpc) is 2.90. The highest BCUT2D eigenvalue weighted by Crippen LogP contribution is 2.41. The molecule has 0 bridgehead atoms. The summed E-state index contributed by atoms with van der Waals surface area (Å²) in [6.07, 6.45) is 3.43. The lowest BCUT2D eigenvalue weighted by molar-refractivity contribution is -0.115. The molecule has 0 spiro atoms. The van der Waals surface area contributed by atoms with Crippen molar-refractivity contribution in [3.63, 3.8) is 0 Å². The van der Waals surface area contributed by atoms with Crippen LogP contribution in [-0.4, -0.2) is 23.8 Å². The topological polar surface area (TPSA) is 42.4 Å². The third-order valence-corrected chi connectivity index (χ3v) is 4.41. The second-order valence-electron chi connectivity index (χ2n) is 4.41. The number of nitrogens with zero attached hydrogens (tertiary/aromatic N) is 2. The molecule has 1 amide bonds. The summed E-state index contributed by atoms with van der Waals surface area (Å²) in [5.74, 6) is 1.42. The van der Waals surface area contributed by atoms with Crippen LogP contribution in [0.2, 0.25) is 0 Å². The fourth-order valence-electron chi connectivity index (χ4n) is 2.21. The molecule has 1 aromatic carbocycles. The molecule has 1 aliphatic heterocycles. The number of benzene rings is 1. The first-order valence-electron chi connectivity index (χ1n) is 6.27. The Balaban J connectivity index is 1.93. The maximum absolute atomic E-state index is 12.1. The molecule has 2 aromatic rings. The number of carbonyl (C=O) groups is 1. The second kappa shape index (κ2) is 5.54. The number of hydrogen-bond donors (Lipinski definition) is 0. The molecule has 0 aliphatic carbocycles. The molecule has 5 heteroatoms. The molecule has 0 radical (unpaired) electrons. The van der Waals surface area contributed by atoms with Crippen LogP contribution in [0.1, 0.15) is 10.9 Å². The smallest absolute Gasteiger partial charge is 0.238 e. The van der Waals surface area contributed by atoms with E-state index in [0.29, 0.717) is 5.75 Å². The molecule has 1 aromatic heterocycles. The van der Waals surface area contributed by atoms with Gasteiger partial charge in [-0.2, -0.15) is 0 Å².